The lowest BCUT2D eigenvalue weighted by molar-refractivity contribution is -0.0542. The second-order valence-electron chi connectivity index (χ2n) is 5.97. The van der Waals surface area contributed by atoms with Crippen molar-refractivity contribution in [2.45, 2.75) is 24.5 Å². The van der Waals surface area contributed by atoms with Crippen LogP contribution in [-0.4, -0.2) is 75.3 Å². The molecule has 32 heavy (non-hydrogen) atoms. The number of nitrogens with two attached hydrogens (primary N) is 1. The Hall–Kier alpha value is -1.56. The number of rotatable bonds is 9. The van der Waals surface area contributed by atoms with Gasteiger partial charge in [0.2, 0.25) is 0 Å². The smallest absolute Gasteiger partial charge is 0.478 e. The largest absolute Gasteiger partial charge is 0.490 e. The van der Waals surface area contributed by atoms with Gasteiger partial charge in [0, 0.05) is 6.20 Å². The highest BCUT2D eigenvalue weighted by atomic mass is 31.3. The van der Waals surface area contributed by atoms with E-state index in [0.717, 1.165) is 0 Å². The van der Waals surface area contributed by atoms with Crippen LogP contribution in [0, 0.1) is 0 Å². The second-order valence-corrected chi connectivity index (χ2v) is 10.4. The number of hydrogen-bond donors (Lipinski definition) is 8. The highest BCUT2D eigenvalue weighted by Crippen LogP contribution is 2.66. The van der Waals surface area contributed by atoms with Gasteiger partial charge >= 0.3 is 35.1 Å². The third-order valence-electron chi connectivity index (χ3n) is 3.64. The van der Waals surface area contributed by atoms with Crippen molar-refractivity contribution in [1.82, 2.24) is 9.55 Å². The molecule has 0 bridgehead atoms. The summed E-state index contributed by atoms with van der Waals surface area (Å²) < 4.78 is 50.5. The summed E-state index contributed by atoms with van der Waals surface area (Å²) in [5.74, 6) is -2.23. The minimum Gasteiger partial charge on any atom is -0.478 e. The molecule has 0 aliphatic carbocycles. The molecule has 0 radical (unpaired) electrons. The van der Waals surface area contributed by atoms with Gasteiger partial charge in [0.1, 0.15) is 29.7 Å². The van der Waals surface area contributed by atoms with Crippen molar-refractivity contribution in [3.63, 3.8) is 0 Å². The zero-order valence-corrected chi connectivity index (χ0v) is 17.9. The molecule has 1 fully saturated rings. The van der Waals surface area contributed by atoms with Crippen LogP contribution < -0.4 is 11.4 Å². The third kappa shape index (κ3) is 6.72. The summed E-state index contributed by atoms with van der Waals surface area (Å²) in [6.45, 7) is -1.14. The maximum absolute atomic E-state index is 12.0. The lowest BCUT2D eigenvalue weighted by Gasteiger charge is -2.19. The minimum absolute atomic E-state index is 0.471. The summed E-state index contributed by atoms with van der Waals surface area (Å²) in [6.07, 6.45) is -6.63. The molecule has 0 spiro atoms. The van der Waals surface area contributed by atoms with Gasteiger partial charge in [-0.25, -0.2) is 23.3 Å². The number of aromatic nitrogens is 2. The molecular formula is C10H16N3O16P3. The molecule has 1 aliphatic heterocycles. The van der Waals surface area contributed by atoms with Gasteiger partial charge in [-0.2, -0.15) is 13.6 Å². The number of carboxylic acid groups (broad SMARTS) is 1. The van der Waals surface area contributed by atoms with Crippen LogP contribution in [0.4, 0.5) is 5.82 Å². The summed E-state index contributed by atoms with van der Waals surface area (Å²) >= 11 is 0. The van der Waals surface area contributed by atoms with Gasteiger partial charge in [-0.1, -0.05) is 0 Å². The van der Waals surface area contributed by atoms with Crippen LogP contribution in [0.5, 0.6) is 0 Å². The van der Waals surface area contributed by atoms with Gasteiger partial charge in [0.15, 0.2) is 6.23 Å². The van der Waals surface area contributed by atoms with Crippen LogP contribution in [0.2, 0.25) is 0 Å². The Bertz CT molecular complexity index is 1080. The molecule has 2 heterocycles. The Labute approximate surface area is 176 Å². The number of aromatic carboxylic acids is 1. The van der Waals surface area contributed by atoms with Crippen molar-refractivity contribution in [1.29, 1.82) is 0 Å². The van der Waals surface area contributed by atoms with E-state index in [0.29, 0.717) is 10.8 Å². The average Bonchev–Trinajstić information content (AvgIpc) is 2.85. The predicted molar refractivity (Wildman–Crippen MR) is 95.6 cm³/mol. The highest BCUT2D eigenvalue weighted by Gasteiger charge is 2.47. The molecule has 6 atom stereocenters. The van der Waals surface area contributed by atoms with Crippen molar-refractivity contribution < 1.29 is 71.3 Å². The average molecular weight is 527 g/mol. The molecule has 2 rings (SSSR count). The molecule has 1 aliphatic rings. The number of carbonyl (C=O) groups is 1. The quantitative estimate of drug-likeness (QED) is 0.154. The Morgan fingerprint density at radius 2 is 1.72 bits per heavy atom. The molecule has 1 saturated heterocycles. The maximum Gasteiger partial charge on any atom is 0.490 e. The first-order valence-electron chi connectivity index (χ1n) is 7.84. The van der Waals surface area contributed by atoms with E-state index in [2.05, 4.69) is 18.1 Å². The van der Waals surface area contributed by atoms with Crippen LogP contribution in [0.25, 0.3) is 0 Å². The first-order valence-corrected chi connectivity index (χ1v) is 12.4. The molecule has 0 amide bonds. The lowest BCUT2D eigenvalue weighted by Crippen LogP contribution is -2.36. The standard InChI is InChI=1S/C10H16N3O16P3/c11-7-3(9(16)17)1-13(10(18)12-7)8-6(15)5(14)4(27-8)2-26-31(22,23)29-32(24,25)28-30(19,20)21/h1,4-6,8,14-15H,2H2,(H,16,17)(H,22,23)(H,24,25)(H2,11,12,18)(H2,19,20,21)/t4-,5-,6-,8-/m1/s1. The zero-order chi connectivity index (χ0) is 24.6. The van der Waals surface area contributed by atoms with Gasteiger partial charge in [0.05, 0.1) is 6.61 Å². The van der Waals surface area contributed by atoms with Gasteiger partial charge in [-0.05, 0) is 0 Å². The fourth-order valence-electron chi connectivity index (χ4n) is 2.40. The molecule has 0 saturated carbocycles. The number of nitrogen functional groups attached to an aromatic ring is 1. The fourth-order valence-corrected chi connectivity index (χ4v) is 5.43. The molecule has 19 nitrogen and oxygen atoms in total. The number of hydrogen-bond acceptors (Lipinski definition) is 13. The monoisotopic (exact) mass is 527 g/mol. The van der Waals surface area contributed by atoms with Crippen molar-refractivity contribution in [3.05, 3.63) is 22.2 Å². The zero-order valence-electron chi connectivity index (χ0n) is 15.2. The Balaban J connectivity index is 2.15. The first-order chi connectivity index (χ1) is 14.4. The SMILES string of the molecule is Nc1nc(=O)n([C@@H]2O[C@H](COP(=O)(O)OP(=O)(O)OP(=O)(O)O)[C@@H](O)[C@H]2O)cc1C(=O)O. The second kappa shape index (κ2) is 9.36. The van der Waals surface area contributed by atoms with Crippen LogP contribution in [0.15, 0.2) is 11.0 Å². The van der Waals surface area contributed by atoms with Crippen LogP contribution in [-0.2, 0) is 31.6 Å². The molecule has 0 aromatic carbocycles. The Morgan fingerprint density at radius 3 is 2.25 bits per heavy atom. The van der Waals surface area contributed by atoms with Crippen molar-refractivity contribution in [2.24, 2.45) is 0 Å². The maximum atomic E-state index is 12.0. The Kier molecular flexibility index (Phi) is 7.81. The number of aliphatic hydroxyl groups excluding tert-OH is 2. The number of phosphoric ester groups is 1. The lowest BCUT2D eigenvalue weighted by atomic mass is 10.1. The highest BCUT2D eigenvalue weighted by molar-refractivity contribution is 7.66. The minimum atomic E-state index is -5.79. The topological polar surface area (TPSA) is 308 Å². The molecule has 1 aromatic heterocycles. The van der Waals surface area contributed by atoms with Gasteiger partial charge in [-0.15, -0.1) is 0 Å². The number of aliphatic hydroxyl groups is 2. The molecule has 22 heteroatoms. The molecule has 9 N–H and O–H groups in total. The van der Waals surface area contributed by atoms with E-state index in [9.17, 15) is 38.4 Å². The molecule has 1 aromatic rings. The van der Waals surface area contributed by atoms with Crippen molar-refractivity contribution >= 4 is 35.3 Å². The third-order valence-corrected chi connectivity index (χ3v) is 7.44. The van der Waals surface area contributed by atoms with Crippen molar-refractivity contribution in [3.8, 4) is 0 Å². The van der Waals surface area contributed by atoms with Crippen LogP contribution in [0.1, 0.15) is 16.6 Å². The summed E-state index contributed by atoms with van der Waals surface area (Å²) in [7, 11) is -16.9. The number of nitrogens with zero attached hydrogens (tertiary/aromatic N) is 2. The van der Waals surface area contributed by atoms with E-state index in [4.69, 9.17) is 30.3 Å². The fraction of sp³-hybridized carbons (Fsp3) is 0.500. The normalized spacial score (nSPS) is 27.6. The van der Waals surface area contributed by atoms with E-state index < -0.39 is 77.7 Å². The molecular weight excluding hydrogens is 511 g/mol. The summed E-state index contributed by atoms with van der Waals surface area (Å²) in [5, 5.41) is 29.2. The molecule has 2 unspecified atom stereocenters. The van der Waals surface area contributed by atoms with E-state index in [-0.39, 0.29) is 0 Å². The van der Waals surface area contributed by atoms with Gasteiger partial charge in [0.25, 0.3) is 0 Å². The number of carboxylic acids is 1. The number of anilines is 1. The van der Waals surface area contributed by atoms with Gasteiger partial charge < -0.3 is 45.4 Å². The Morgan fingerprint density at radius 1 is 1.12 bits per heavy atom. The van der Waals surface area contributed by atoms with E-state index in [1.165, 1.54) is 0 Å². The van der Waals surface area contributed by atoms with Crippen LogP contribution in [0.3, 0.4) is 0 Å². The van der Waals surface area contributed by atoms with Crippen LogP contribution >= 0.6 is 23.5 Å². The first kappa shape index (κ1) is 26.7. The van der Waals surface area contributed by atoms with Crippen molar-refractivity contribution in [2.75, 3.05) is 12.3 Å². The summed E-state index contributed by atoms with van der Waals surface area (Å²) in [5.41, 5.74) is 3.48. The number of phosphoric acid groups is 3. The summed E-state index contributed by atoms with van der Waals surface area (Å²) in [4.78, 5) is 61.8. The van der Waals surface area contributed by atoms with E-state index in [1.807, 2.05) is 0 Å². The number of ether oxygens (including phenoxy) is 1. The van der Waals surface area contributed by atoms with Gasteiger partial charge in [-0.3, -0.25) is 9.09 Å². The summed E-state index contributed by atoms with van der Waals surface area (Å²) in [6, 6.07) is 0. The van der Waals surface area contributed by atoms with E-state index in [1.54, 1.807) is 0 Å². The molecule has 182 valence electrons. The predicted octanol–water partition coefficient (Wildman–Crippen LogP) is -2.51. The van der Waals surface area contributed by atoms with E-state index >= 15 is 0 Å².